The normalized spacial score (nSPS) is 15.2. The van der Waals surface area contributed by atoms with Crippen molar-refractivity contribution in [1.29, 1.82) is 0 Å². The second kappa shape index (κ2) is 5.88. The average Bonchev–Trinajstić information content (AvgIpc) is 2.15. The van der Waals surface area contributed by atoms with Crippen LogP contribution in [0.1, 0.15) is 27.7 Å². The number of rotatable bonds is 6. The van der Waals surface area contributed by atoms with Gasteiger partial charge in [-0.3, -0.25) is 0 Å². The first-order valence-electron chi connectivity index (χ1n) is 5.14. The minimum atomic E-state index is -1.23. The van der Waals surface area contributed by atoms with E-state index < -0.39 is 17.0 Å². The van der Waals surface area contributed by atoms with Gasteiger partial charge in [-0.25, -0.2) is 4.79 Å². The predicted molar refractivity (Wildman–Crippen MR) is 61.1 cm³/mol. The van der Waals surface area contributed by atoms with E-state index in [-0.39, 0.29) is 13.2 Å². The van der Waals surface area contributed by atoms with Crippen LogP contribution in [0.25, 0.3) is 0 Å². The summed E-state index contributed by atoms with van der Waals surface area (Å²) in [6.45, 7) is 7.75. The van der Waals surface area contributed by atoms with Gasteiger partial charge in [-0.2, -0.15) is 0 Å². The Kier molecular flexibility index (Phi) is 5.49. The molecule has 0 aliphatic carbocycles. The van der Waals surface area contributed by atoms with Gasteiger partial charge in [-0.15, -0.1) is 6.42 Å². The van der Waals surface area contributed by atoms with Crippen molar-refractivity contribution in [3.05, 3.63) is 0 Å². The quantitative estimate of drug-likeness (QED) is 0.553. The number of ether oxygens (including phenoxy) is 2. The molecule has 4 nitrogen and oxygen atoms in total. The van der Waals surface area contributed by atoms with Crippen LogP contribution in [0.4, 0.5) is 0 Å². The number of carboxylic acids is 1. The van der Waals surface area contributed by atoms with Gasteiger partial charge in [-0.1, -0.05) is 26.7 Å². The molecule has 4 heteroatoms. The Hall–Kier alpha value is -1.05. The molecule has 1 N–H and O–H groups in total. The van der Waals surface area contributed by atoms with Crippen LogP contribution < -0.4 is 0 Å². The fraction of sp³-hybridized carbons (Fsp3) is 0.750. The Balaban J connectivity index is 4.28. The van der Waals surface area contributed by atoms with E-state index in [2.05, 4.69) is 5.92 Å². The molecule has 0 aromatic rings. The topological polar surface area (TPSA) is 55.8 Å². The lowest BCUT2D eigenvalue weighted by Gasteiger charge is -2.37. The number of carbonyl (C=O) groups is 1. The molecule has 0 amide bonds. The Labute approximate surface area is 96.9 Å². The summed E-state index contributed by atoms with van der Waals surface area (Å²) in [4.78, 5) is 11.2. The van der Waals surface area contributed by atoms with Gasteiger partial charge in [0, 0.05) is 5.41 Å². The molecule has 0 heterocycles. The molecule has 0 aromatic carbocycles. The van der Waals surface area contributed by atoms with Crippen molar-refractivity contribution in [3.63, 3.8) is 0 Å². The highest BCUT2D eigenvalue weighted by atomic mass is 16.6. The Morgan fingerprint density at radius 2 is 1.88 bits per heavy atom. The van der Waals surface area contributed by atoms with E-state index in [0.29, 0.717) is 6.61 Å². The molecule has 0 aromatic heterocycles. The molecule has 0 saturated heterocycles. The first-order chi connectivity index (χ1) is 7.25. The van der Waals surface area contributed by atoms with Crippen LogP contribution >= 0.6 is 0 Å². The molecule has 0 saturated carbocycles. The second-order valence-corrected chi connectivity index (χ2v) is 4.69. The highest BCUT2D eigenvalue weighted by molar-refractivity contribution is 5.78. The van der Waals surface area contributed by atoms with E-state index in [0.717, 1.165) is 0 Å². The molecule has 1 atom stereocenters. The Morgan fingerprint density at radius 3 is 2.25 bits per heavy atom. The maximum Gasteiger partial charge on any atom is 0.336 e. The van der Waals surface area contributed by atoms with Gasteiger partial charge in [-0.05, 0) is 6.92 Å². The van der Waals surface area contributed by atoms with Gasteiger partial charge in [0.15, 0.2) is 5.60 Å². The van der Waals surface area contributed by atoms with E-state index in [1.54, 1.807) is 6.92 Å². The fourth-order valence-electron chi connectivity index (χ4n) is 1.03. The lowest BCUT2D eigenvalue weighted by atomic mass is 9.77. The first kappa shape index (κ1) is 14.9. The molecule has 0 rings (SSSR count). The lowest BCUT2D eigenvalue weighted by molar-refractivity contribution is -0.181. The third-order valence-electron chi connectivity index (χ3n) is 2.64. The number of hydrogen-bond acceptors (Lipinski definition) is 3. The average molecular weight is 228 g/mol. The zero-order chi connectivity index (χ0) is 12.8. The molecule has 0 aliphatic heterocycles. The van der Waals surface area contributed by atoms with Crippen LogP contribution in [0.3, 0.4) is 0 Å². The van der Waals surface area contributed by atoms with Crippen molar-refractivity contribution in [2.75, 3.05) is 19.8 Å². The summed E-state index contributed by atoms with van der Waals surface area (Å²) in [7, 11) is 0. The summed E-state index contributed by atoms with van der Waals surface area (Å²) < 4.78 is 10.4. The number of aliphatic carboxylic acids is 1. The van der Waals surface area contributed by atoms with Crippen LogP contribution in [0.2, 0.25) is 0 Å². The minimum absolute atomic E-state index is 0.210. The zero-order valence-corrected chi connectivity index (χ0v) is 10.4. The summed E-state index contributed by atoms with van der Waals surface area (Å²) in [5.41, 5.74) is -1.72. The maximum atomic E-state index is 11.2. The summed E-state index contributed by atoms with van der Waals surface area (Å²) in [6, 6.07) is 0. The lowest BCUT2D eigenvalue weighted by Crippen LogP contribution is -2.50. The molecule has 1 unspecified atom stereocenters. The van der Waals surface area contributed by atoms with E-state index in [9.17, 15) is 9.90 Å². The predicted octanol–water partition coefficient (Wildman–Crippen LogP) is 1.54. The van der Waals surface area contributed by atoms with Gasteiger partial charge in [0.2, 0.25) is 0 Å². The monoisotopic (exact) mass is 228 g/mol. The van der Waals surface area contributed by atoms with Crippen LogP contribution in [0.15, 0.2) is 0 Å². The molecular formula is C12H20O4. The molecule has 0 spiro atoms. The van der Waals surface area contributed by atoms with E-state index >= 15 is 0 Å². The standard InChI is InChI=1S/C12H20O4/c1-6-7-15-8-9-16-12(5,10(13)14)11(2,3)4/h1H,7-9H2,2-5H3,(H,13,14). The number of hydrogen-bond donors (Lipinski definition) is 1. The second-order valence-electron chi connectivity index (χ2n) is 4.69. The maximum absolute atomic E-state index is 11.2. The van der Waals surface area contributed by atoms with Crippen molar-refractivity contribution in [2.45, 2.75) is 33.3 Å². The molecule has 0 aliphatic rings. The smallest absolute Gasteiger partial charge is 0.336 e. The summed E-state index contributed by atoms with van der Waals surface area (Å²) in [5.74, 6) is 1.35. The van der Waals surface area contributed by atoms with Crippen molar-refractivity contribution in [3.8, 4) is 12.3 Å². The van der Waals surface area contributed by atoms with Crippen LogP contribution in [0.5, 0.6) is 0 Å². The summed E-state index contributed by atoms with van der Waals surface area (Å²) in [6.07, 6.45) is 5.00. The summed E-state index contributed by atoms with van der Waals surface area (Å²) in [5, 5.41) is 9.17. The van der Waals surface area contributed by atoms with Crippen LogP contribution in [-0.4, -0.2) is 36.5 Å². The third-order valence-corrected chi connectivity index (χ3v) is 2.64. The van der Waals surface area contributed by atoms with Crippen molar-refractivity contribution < 1.29 is 19.4 Å². The van der Waals surface area contributed by atoms with E-state index in [4.69, 9.17) is 15.9 Å². The summed E-state index contributed by atoms with van der Waals surface area (Å²) >= 11 is 0. The van der Waals surface area contributed by atoms with Gasteiger partial charge < -0.3 is 14.6 Å². The largest absolute Gasteiger partial charge is 0.479 e. The van der Waals surface area contributed by atoms with E-state index in [1.807, 2.05) is 20.8 Å². The molecule has 16 heavy (non-hydrogen) atoms. The van der Waals surface area contributed by atoms with Gasteiger partial charge in [0.05, 0.1) is 13.2 Å². The highest BCUT2D eigenvalue weighted by Crippen LogP contribution is 2.33. The molecule has 0 fully saturated rings. The Morgan fingerprint density at radius 1 is 1.31 bits per heavy atom. The van der Waals surface area contributed by atoms with Crippen LogP contribution in [0, 0.1) is 17.8 Å². The van der Waals surface area contributed by atoms with Gasteiger partial charge in [0.1, 0.15) is 6.61 Å². The molecule has 0 radical (unpaired) electrons. The van der Waals surface area contributed by atoms with Crippen molar-refractivity contribution in [1.82, 2.24) is 0 Å². The van der Waals surface area contributed by atoms with E-state index in [1.165, 1.54) is 0 Å². The third kappa shape index (κ3) is 3.84. The van der Waals surface area contributed by atoms with Crippen LogP contribution in [-0.2, 0) is 14.3 Å². The van der Waals surface area contributed by atoms with Crippen molar-refractivity contribution in [2.24, 2.45) is 5.41 Å². The molecular weight excluding hydrogens is 208 g/mol. The minimum Gasteiger partial charge on any atom is -0.479 e. The highest BCUT2D eigenvalue weighted by Gasteiger charge is 2.45. The first-order valence-corrected chi connectivity index (χ1v) is 5.14. The van der Waals surface area contributed by atoms with Gasteiger partial charge in [0.25, 0.3) is 0 Å². The van der Waals surface area contributed by atoms with Crippen molar-refractivity contribution >= 4 is 5.97 Å². The zero-order valence-electron chi connectivity index (χ0n) is 10.4. The van der Waals surface area contributed by atoms with Gasteiger partial charge >= 0.3 is 5.97 Å². The Bertz CT molecular complexity index is 272. The molecule has 0 bridgehead atoms. The fourth-order valence-corrected chi connectivity index (χ4v) is 1.03. The number of terminal acetylenes is 1. The SMILES string of the molecule is C#CCOCCOC(C)(C(=O)O)C(C)(C)C. The molecule has 92 valence electrons. The number of carboxylic acid groups (broad SMARTS) is 1.